The maximum atomic E-state index is 11.5. The van der Waals surface area contributed by atoms with Gasteiger partial charge in [0.1, 0.15) is 0 Å². The molecule has 5 nitrogen and oxygen atoms in total. The molecule has 1 amide bonds. The van der Waals surface area contributed by atoms with Crippen molar-refractivity contribution in [2.45, 2.75) is 13.8 Å². The number of anilines is 1. The summed E-state index contributed by atoms with van der Waals surface area (Å²) in [6.07, 6.45) is 2.52. The van der Waals surface area contributed by atoms with E-state index < -0.39 is 5.97 Å². The van der Waals surface area contributed by atoms with Crippen LogP contribution in [0.5, 0.6) is 0 Å². The molecule has 0 bridgehead atoms. The normalized spacial score (nSPS) is 10.7. The molecule has 0 heterocycles. The molecule has 0 aliphatic heterocycles. The Hall–Kier alpha value is -1.73. The second-order valence-electron chi connectivity index (χ2n) is 4.51. The van der Waals surface area contributed by atoms with E-state index in [2.05, 4.69) is 26.6 Å². The van der Waals surface area contributed by atoms with Gasteiger partial charge in [-0.25, -0.2) is 4.79 Å². The maximum absolute atomic E-state index is 11.5. The number of carboxylic acids is 1. The first kappa shape index (κ1) is 17.3. The summed E-state index contributed by atoms with van der Waals surface area (Å²) in [5.41, 5.74) is 1.33. The Morgan fingerprint density at radius 1 is 1.38 bits per heavy atom. The summed E-state index contributed by atoms with van der Waals surface area (Å²) >= 11 is 8.42. The number of nitrogens with one attached hydrogen (secondary N) is 2. The van der Waals surface area contributed by atoms with E-state index in [0.717, 1.165) is 10.5 Å². The van der Waals surface area contributed by atoms with Crippen LogP contribution in [0.4, 0.5) is 5.69 Å². The molecule has 0 saturated heterocycles. The van der Waals surface area contributed by atoms with Gasteiger partial charge < -0.3 is 15.7 Å². The van der Waals surface area contributed by atoms with Gasteiger partial charge in [-0.3, -0.25) is 4.79 Å². The van der Waals surface area contributed by atoms with Gasteiger partial charge in [-0.2, -0.15) is 0 Å². The van der Waals surface area contributed by atoms with Gasteiger partial charge in [-0.15, -0.1) is 0 Å². The van der Waals surface area contributed by atoms with Crippen LogP contribution in [-0.2, 0) is 9.59 Å². The smallest absolute Gasteiger partial charge is 0.328 e. The zero-order chi connectivity index (χ0) is 16.0. The van der Waals surface area contributed by atoms with Crippen LogP contribution >= 0.6 is 28.1 Å². The quantitative estimate of drug-likeness (QED) is 0.560. The number of hydrogen-bond acceptors (Lipinski definition) is 3. The van der Waals surface area contributed by atoms with Crippen LogP contribution in [0, 0.1) is 5.92 Å². The monoisotopic (exact) mass is 370 g/mol. The zero-order valence-corrected chi connectivity index (χ0v) is 13.9. The van der Waals surface area contributed by atoms with Gasteiger partial charge in [-0.05, 0) is 51.9 Å². The molecule has 0 spiro atoms. The van der Waals surface area contributed by atoms with Gasteiger partial charge in [0.15, 0.2) is 5.11 Å². The van der Waals surface area contributed by atoms with Gasteiger partial charge in [0.2, 0.25) is 5.91 Å². The first-order valence-corrected chi connectivity index (χ1v) is 7.32. The number of carboxylic acid groups (broad SMARTS) is 1. The van der Waals surface area contributed by atoms with E-state index in [4.69, 9.17) is 17.3 Å². The van der Waals surface area contributed by atoms with Crippen molar-refractivity contribution in [1.29, 1.82) is 0 Å². The number of amides is 1. The number of hydrogen-bond donors (Lipinski definition) is 3. The van der Waals surface area contributed by atoms with Crippen LogP contribution in [0.3, 0.4) is 0 Å². The molecule has 1 aromatic rings. The number of rotatable bonds is 4. The molecule has 0 fully saturated rings. The van der Waals surface area contributed by atoms with E-state index in [1.54, 1.807) is 32.0 Å². The largest absolute Gasteiger partial charge is 0.478 e. The van der Waals surface area contributed by atoms with Crippen molar-refractivity contribution >= 4 is 56.9 Å². The molecular weight excluding hydrogens is 356 g/mol. The third-order valence-electron chi connectivity index (χ3n) is 2.42. The second-order valence-corrected chi connectivity index (χ2v) is 5.77. The molecule has 1 aromatic carbocycles. The Balaban J connectivity index is 2.83. The predicted octanol–water partition coefficient (Wildman–Crippen LogP) is 3.02. The van der Waals surface area contributed by atoms with E-state index in [1.165, 1.54) is 6.08 Å². The topological polar surface area (TPSA) is 78.4 Å². The molecule has 0 aliphatic rings. The van der Waals surface area contributed by atoms with Gasteiger partial charge >= 0.3 is 5.97 Å². The summed E-state index contributed by atoms with van der Waals surface area (Å²) in [6.45, 7) is 3.54. The lowest BCUT2D eigenvalue weighted by Gasteiger charge is -2.12. The molecule has 0 unspecified atom stereocenters. The maximum Gasteiger partial charge on any atom is 0.328 e. The molecule has 1 rings (SSSR count). The van der Waals surface area contributed by atoms with Crippen LogP contribution in [0.2, 0.25) is 0 Å². The van der Waals surface area contributed by atoms with Crippen LogP contribution in [0.15, 0.2) is 28.7 Å². The minimum Gasteiger partial charge on any atom is -0.478 e. The number of benzene rings is 1. The van der Waals surface area contributed by atoms with Crippen molar-refractivity contribution in [3.63, 3.8) is 0 Å². The molecule has 0 radical (unpaired) electrons. The first-order chi connectivity index (χ1) is 9.79. The van der Waals surface area contributed by atoms with Crippen LogP contribution in [-0.4, -0.2) is 22.1 Å². The van der Waals surface area contributed by atoms with Crippen molar-refractivity contribution in [2.24, 2.45) is 5.92 Å². The average molecular weight is 371 g/mol. The van der Waals surface area contributed by atoms with Crippen LogP contribution in [0.25, 0.3) is 6.08 Å². The number of aliphatic carboxylic acids is 1. The molecule has 112 valence electrons. The number of carbonyl (C=O) groups excluding carboxylic acids is 1. The molecule has 7 heteroatoms. The second kappa shape index (κ2) is 7.90. The fraction of sp³-hybridized carbons (Fsp3) is 0.214. The van der Waals surface area contributed by atoms with E-state index in [-0.39, 0.29) is 16.9 Å². The van der Waals surface area contributed by atoms with Crippen molar-refractivity contribution in [1.82, 2.24) is 5.32 Å². The summed E-state index contributed by atoms with van der Waals surface area (Å²) in [5.74, 6) is -1.37. The first-order valence-electron chi connectivity index (χ1n) is 6.12. The zero-order valence-electron chi connectivity index (χ0n) is 11.5. The van der Waals surface area contributed by atoms with Crippen LogP contribution in [0.1, 0.15) is 19.4 Å². The standard InChI is InChI=1S/C14H15BrN2O3S/c1-8(2)13(20)17-14(21)16-11-7-9(3-5-10(11)15)4-6-12(18)19/h3-8H,1-2H3,(H,18,19)(H2,16,17,20,21)/b6-4+. The Bertz CT molecular complexity index is 600. The Morgan fingerprint density at radius 2 is 2.05 bits per heavy atom. The van der Waals surface area contributed by atoms with E-state index in [9.17, 15) is 9.59 Å². The van der Waals surface area contributed by atoms with E-state index >= 15 is 0 Å². The fourth-order valence-corrected chi connectivity index (χ4v) is 1.88. The Labute approximate surface area is 136 Å². The lowest BCUT2D eigenvalue weighted by molar-refractivity contribution is -0.131. The number of carbonyl (C=O) groups is 2. The van der Waals surface area contributed by atoms with Crippen molar-refractivity contribution in [3.8, 4) is 0 Å². The molecule has 0 saturated carbocycles. The van der Waals surface area contributed by atoms with Gasteiger partial charge in [-0.1, -0.05) is 19.9 Å². The number of thiocarbonyl (C=S) groups is 1. The van der Waals surface area contributed by atoms with Crippen molar-refractivity contribution in [3.05, 3.63) is 34.3 Å². The lowest BCUT2D eigenvalue weighted by atomic mass is 10.2. The average Bonchev–Trinajstić information content (AvgIpc) is 2.39. The highest BCUT2D eigenvalue weighted by Gasteiger charge is 2.10. The summed E-state index contributed by atoms with van der Waals surface area (Å²) in [5, 5.41) is 14.3. The van der Waals surface area contributed by atoms with Crippen LogP contribution < -0.4 is 10.6 Å². The molecule has 21 heavy (non-hydrogen) atoms. The lowest BCUT2D eigenvalue weighted by Crippen LogP contribution is -2.36. The van der Waals surface area contributed by atoms with Gasteiger partial charge in [0.25, 0.3) is 0 Å². The molecular formula is C14H15BrN2O3S. The van der Waals surface area contributed by atoms with Gasteiger partial charge in [0, 0.05) is 16.5 Å². The summed E-state index contributed by atoms with van der Waals surface area (Å²) < 4.78 is 0.746. The Kier molecular flexibility index (Phi) is 6.51. The van der Waals surface area contributed by atoms with E-state index in [1.807, 2.05) is 0 Å². The minimum atomic E-state index is -1.02. The summed E-state index contributed by atoms with van der Waals surface area (Å²) in [6, 6.07) is 5.23. The van der Waals surface area contributed by atoms with E-state index in [0.29, 0.717) is 11.3 Å². The highest BCUT2D eigenvalue weighted by molar-refractivity contribution is 9.10. The Morgan fingerprint density at radius 3 is 2.62 bits per heavy atom. The predicted molar refractivity (Wildman–Crippen MR) is 90.0 cm³/mol. The van der Waals surface area contributed by atoms with Crippen molar-refractivity contribution < 1.29 is 14.7 Å². The third kappa shape index (κ3) is 6.05. The van der Waals surface area contributed by atoms with Crippen molar-refractivity contribution in [2.75, 3.05) is 5.32 Å². The summed E-state index contributed by atoms with van der Waals surface area (Å²) in [7, 11) is 0. The molecule has 0 atom stereocenters. The van der Waals surface area contributed by atoms with Gasteiger partial charge in [0.05, 0.1) is 5.69 Å². The molecule has 3 N–H and O–H groups in total. The highest BCUT2D eigenvalue weighted by Crippen LogP contribution is 2.24. The molecule has 0 aliphatic carbocycles. The minimum absolute atomic E-state index is 0.168. The fourth-order valence-electron chi connectivity index (χ4n) is 1.32. The summed E-state index contributed by atoms with van der Waals surface area (Å²) in [4.78, 5) is 22.1. The SMILES string of the molecule is CC(C)C(=O)NC(=S)Nc1cc(/C=C/C(=O)O)ccc1Br. The number of halogens is 1. The third-order valence-corrected chi connectivity index (χ3v) is 3.31. The molecule has 0 aromatic heterocycles. The highest BCUT2D eigenvalue weighted by atomic mass is 79.9.